The molecule has 0 saturated carbocycles. The molecule has 0 aliphatic heterocycles. The average molecular weight is 530 g/mol. The van der Waals surface area contributed by atoms with Gasteiger partial charge >= 0.3 is 0 Å². The largest absolute Gasteiger partial charge is 0.494 e. The van der Waals surface area contributed by atoms with E-state index >= 15 is 0 Å². The van der Waals surface area contributed by atoms with Crippen LogP contribution in [0, 0.1) is 11.3 Å². The minimum Gasteiger partial charge on any atom is -0.494 e. The van der Waals surface area contributed by atoms with Gasteiger partial charge in [-0.1, -0.05) is 31.1 Å². The monoisotopic (exact) mass is 529 g/mol. The Bertz CT molecular complexity index is 1360. The minimum atomic E-state index is 0.611. The summed E-state index contributed by atoms with van der Waals surface area (Å²) in [6.07, 6.45) is 5.31. The van der Waals surface area contributed by atoms with Crippen molar-refractivity contribution < 1.29 is 4.74 Å². The van der Waals surface area contributed by atoms with Crippen molar-refractivity contribution in [1.29, 1.82) is 5.26 Å². The Morgan fingerprint density at radius 1 is 1.00 bits per heavy atom. The van der Waals surface area contributed by atoms with Crippen LogP contribution in [0.3, 0.4) is 0 Å². The molecule has 0 radical (unpaired) electrons. The van der Waals surface area contributed by atoms with Crippen LogP contribution in [-0.4, -0.2) is 24.7 Å². The smallest absolute Gasteiger partial charge is 0.231 e. The normalized spacial score (nSPS) is 11.8. The molecule has 0 unspecified atom stereocenters. The molecule has 0 spiro atoms. The van der Waals surface area contributed by atoms with Gasteiger partial charge in [0.05, 0.1) is 28.6 Å². The number of hydrogen-bond donors (Lipinski definition) is 0. The van der Waals surface area contributed by atoms with Gasteiger partial charge in [0.2, 0.25) is 5.13 Å². The van der Waals surface area contributed by atoms with Gasteiger partial charge in [0.25, 0.3) is 0 Å². The highest BCUT2D eigenvalue weighted by Gasteiger charge is 2.10. The lowest BCUT2D eigenvalue weighted by Crippen LogP contribution is -2.21. The topological polar surface area (TPSA) is 73.9 Å². The Morgan fingerprint density at radius 2 is 1.76 bits per heavy atom. The fraction of sp³-hybridized carbons (Fsp3) is 0.310. The Labute approximate surface area is 226 Å². The Morgan fingerprint density at radius 3 is 2.41 bits per heavy atom. The fourth-order valence-corrected chi connectivity index (χ4v) is 5.85. The molecule has 4 aromatic rings. The molecule has 0 atom stereocenters. The van der Waals surface area contributed by atoms with Gasteiger partial charge in [0, 0.05) is 23.7 Å². The number of nitriles is 1. The summed E-state index contributed by atoms with van der Waals surface area (Å²) in [7, 11) is 0. The van der Waals surface area contributed by atoms with E-state index in [2.05, 4.69) is 65.2 Å². The first-order valence-electron chi connectivity index (χ1n) is 12.7. The molecule has 0 saturated heterocycles. The molecule has 0 fully saturated rings. The Kier molecular flexibility index (Phi) is 9.41. The van der Waals surface area contributed by atoms with E-state index in [1.165, 1.54) is 29.9 Å². The van der Waals surface area contributed by atoms with Gasteiger partial charge in [-0.3, -0.25) is 0 Å². The molecule has 0 amide bonds. The molecular formula is C29H31N5OS2. The number of ether oxygens (including phenoxy) is 1. The third-order valence-corrected chi connectivity index (χ3v) is 7.91. The summed E-state index contributed by atoms with van der Waals surface area (Å²) in [5.41, 5.74) is 3.46. The third-order valence-electron chi connectivity index (χ3n) is 5.92. The van der Waals surface area contributed by atoms with Gasteiger partial charge in [-0.2, -0.15) is 5.26 Å². The number of nitrogens with zero attached hydrogens (tertiary/aromatic N) is 5. The van der Waals surface area contributed by atoms with Crippen LogP contribution in [0.1, 0.15) is 50.5 Å². The van der Waals surface area contributed by atoms with Crippen molar-refractivity contribution in [3.05, 3.63) is 65.0 Å². The van der Waals surface area contributed by atoms with Crippen LogP contribution in [0.2, 0.25) is 0 Å². The first-order chi connectivity index (χ1) is 18.1. The predicted octanol–water partition coefficient (Wildman–Crippen LogP) is 9.25. The van der Waals surface area contributed by atoms with E-state index in [9.17, 15) is 5.26 Å². The number of azo groups is 1. The standard InChI is InChI=1S/C29H31N5OS2/c1-4-7-8-17-35-25-15-9-21(10-16-25)22(20-30)18-26-19-27-28(36-26)31-29(37-27)33-32-23-11-13-24(14-12-23)34(5-2)6-3/h9-16,18-19H,4-8,17H2,1-3H3/b22-18+,33-32+. The first-order valence-corrected chi connectivity index (χ1v) is 14.3. The lowest BCUT2D eigenvalue weighted by molar-refractivity contribution is 0.306. The number of anilines is 1. The molecule has 2 heterocycles. The molecule has 0 bridgehead atoms. The summed E-state index contributed by atoms with van der Waals surface area (Å²) in [5, 5.41) is 19.1. The Hall–Kier alpha value is -3.54. The van der Waals surface area contributed by atoms with Crippen LogP contribution in [0.25, 0.3) is 21.2 Å². The van der Waals surface area contributed by atoms with Crippen molar-refractivity contribution in [3.8, 4) is 11.8 Å². The molecule has 4 rings (SSSR count). The van der Waals surface area contributed by atoms with Gasteiger partial charge in [0.15, 0.2) is 0 Å². The molecule has 190 valence electrons. The number of thiazole rings is 1. The molecule has 0 aliphatic carbocycles. The Balaban J connectivity index is 1.42. The summed E-state index contributed by atoms with van der Waals surface area (Å²) < 4.78 is 6.82. The van der Waals surface area contributed by atoms with E-state index in [0.29, 0.717) is 10.7 Å². The number of fused-ring (bicyclic) bond motifs is 1. The third kappa shape index (κ3) is 7.03. The molecular weight excluding hydrogens is 498 g/mol. The van der Waals surface area contributed by atoms with Crippen molar-refractivity contribution in [2.75, 3.05) is 24.6 Å². The number of rotatable bonds is 12. The lowest BCUT2D eigenvalue weighted by atomic mass is 10.1. The van der Waals surface area contributed by atoms with Crippen molar-refractivity contribution in [2.24, 2.45) is 10.2 Å². The maximum atomic E-state index is 9.75. The van der Waals surface area contributed by atoms with Gasteiger partial charge in [-0.05, 0) is 86.5 Å². The van der Waals surface area contributed by atoms with Crippen molar-refractivity contribution in [1.82, 2.24) is 4.98 Å². The molecule has 0 aliphatic rings. The number of aromatic nitrogens is 1. The molecule has 2 aromatic heterocycles. The summed E-state index contributed by atoms with van der Waals surface area (Å²) >= 11 is 3.05. The maximum absolute atomic E-state index is 9.75. The molecule has 6 nitrogen and oxygen atoms in total. The second-order valence-electron chi connectivity index (χ2n) is 8.45. The van der Waals surface area contributed by atoms with Gasteiger partial charge in [0.1, 0.15) is 10.6 Å². The summed E-state index contributed by atoms with van der Waals surface area (Å²) in [6, 6.07) is 20.2. The summed E-state index contributed by atoms with van der Waals surface area (Å²) in [6.45, 7) is 9.14. The average Bonchev–Trinajstić information content (AvgIpc) is 3.49. The highest BCUT2D eigenvalue weighted by atomic mass is 32.1. The number of allylic oxidation sites excluding steroid dienone is 1. The van der Waals surface area contributed by atoms with E-state index in [-0.39, 0.29) is 0 Å². The first kappa shape index (κ1) is 26.5. The van der Waals surface area contributed by atoms with Gasteiger partial charge in [-0.15, -0.1) is 21.6 Å². The van der Waals surface area contributed by atoms with Gasteiger partial charge in [-0.25, -0.2) is 4.98 Å². The number of benzene rings is 2. The van der Waals surface area contributed by atoms with E-state index in [0.717, 1.165) is 57.5 Å². The highest BCUT2D eigenvalue weighted by Crippen LogP contribution is 2.36. The van der Waals surface area contributed by atoms with E-state index in [1.54, 1.807) is 11.3 Å². The SMILES string of the molecule is CCCCCOc1ccc(/C(C#N)=C/c2cc3sc(/N=N/c4ccc(N(CC)CC)cc4)nc3s2)cc1. The molecule has 8 heteroatoms. The van der Waals surface area contributed by atoms with E-state index in [4.69, 9.17) is 4.74 Å². The van der Waals surface area contributed by atoms with Crippen molar-refractivity contribution >= 4 is 60.4 Å². The zero-order valence-corrected chi connectivity index (χ0v) is 23.1. The van der Waals surface area contributed by atoms with Crippen molar-refractivity contribution in [3.63, 3.8) is 0 Å². The van der Waals surface area contributed by atoms with Crippen molar-refractivity contribution in [2.45, 2.75) is 40.0 Å². The zero-order valence-electron chi connectivity index (χ0n) is 21.5. The molecule has 0 N–H and O–H groups in total. The van der Waals surface area contributed by atoms with E-state index in [1.807, 2.05) is 42.5 Å². The number of unbranched alkanes of at least 4 members (excludes halogenated alkanes) is 2. The van der Waals surface area contributed by atoms with Crippen LogP contribution in [0.5, 0.6) is 5.75 Å². The zero-order chi connectivity index (χ0) is 26.0. The highest BCUT2D eigenvalue weighted by molar-refractivity contribution is 7.29. The second kappa shape index (κ2) is 13.1. The van der Waals surface area contributed by atoms with Crippen LogP contribution >= 0.6 is 22.7 Å². The van der Waals surface area contributed by atoms with Crippen LogP contribution < -0.4 is 9.64 Å². The van der Waals surface area contributed by atoms with E-state index < -0.39 is 0 Å². The summed E-state index contributed by atoms with van der Waals surface area (Å²) in [4.78, 5) is 8.79. The van der Waals surface area contributed by atoms with Crippen LogP contribution in [0.15, 0.2) is 64.8 Å². The molecule has 37 heavy (non-hydrogen) atoms. The number of hydrogen-bond acceptors (Lipinski definition) is 8. The number of thiophene rings is 1. The summed E-state index contributed by atoms with van der Waals surface area (Å²) in [5.74, 6) is 0.833. The lowest BCUT2D eigenvalue weighted by Gasteiger charge is -2.20. The quantitative estimate of drug-likeness (QED) is 0.104. The predicted molar refractivity (Wildman–Crippen MR) is 157 cm³/mol. The van der Waals surface area contributed by atoms with Crippen LogP contribution in [0.4, 0.5) is 16.5 Å². The molecule has 2 aromatic carbocycles. The maximum Gasteiger partial charge on any atom is 0.231 e. The van der Waals surface area contributed by atoms with Crippen LogP contribution in [-0.2, 0) is 0 Å². The van der Waals surface area contributed by atoms with Gasteiger partial charge < -0.3 is 9.64 Å². The second-order valence-corrected chi connectivity index (χ2v) is 10.5. The minimum absolute atomic E-state index is 0.611. The fourth-order valence-electron chi connectivity index (χ4n) is 3.87.